The Labute approximate surface area is 189 Å². The number of benzene rings is 1. The Kier molecular flexibility index (Phi) is 7.46. The van der Waals surface area contributed by atoms with Gasteiger partial charge in [0.15, 0.2) is 0 Å². The number of hydrogen-bond acceptors (Lipinski definition) is 6. The van der Waals surface area contributed by atoms with Gasteiger partial charge in [-0.2, -0.15) is 0 Å². The molecule has 1 aliphatic rings. The van der Waals surface area contributed by atoms with Crippen molar-refractivity contribution in [1.82, 2.24) is 4.98 Å². The maximum atomic E-state index is 6.37. The van der Waals surface area contributed by atoms with Crippen molar-refractivity contribution in [3.63, 3.8) is 0 Å². The summed E-state index contributed by atoms with van der Waals surface area (Å²) in [6.07, 6.45) is 2.48. The molecular weight excluding hydrogens is 410 g/mol. The molecule has 1 saturated heterocycles. The maximum absolute atomic E-state index is 6.37. The molecule has 31 heavy (non-hydrogen) atoms. The largest absolute Gasteiger partial charge is 0.363 e. The molecule has 6 nitrogen and oxygen atoms in total. The van der Waals surface area contributed by atoms with Gasteiger partial charge in [-0.1, -0.05) is 44.5 Å². The van der Waals surface area contributed by atoms with Crippen molar-refractivity contribution in [1.29, 1.82) is 0 Å². The summed E-state index contributed by atoms with van der Waals surface area (Å²) in [5.41, 5.74) is 4.26. The van der Waals surface area contributed by atoms with Gasteiger partial charge < -0.3 is 15.0 Å². The van der Waals surface area contributed by atoms with Crippen LogP contribution in [0.4, 0.5) is 11.5 Å². The van der Waals surface area contributed by atoms with Crippen LogP contribution in [0.25, 0.3) is 0 Å². The molecule has 1 aromatic carbocycles. The Hall–Kier alpha value is -2.70. The van der Waals surface area contributed by atoms with Crippen LogP contribution < -0.4 is 10.2 Å². The Morgan fingerprint density at radius 3 is 2.61 bits per heavy atom. The van der Waals surface area contributed by atoms with Gasteiger partial charge >= 0.3 is 0 Å². The van der Waals surface area contributed by atoms with E-state index in [0.29, 0.717) is 17.4 Å². The number of ether oxygens (including phenoxy) is 1. The average Bonchev–Trinajstić information content (AvgIpc) is 2.76. The van der Waals surface area contributed by atoms with Gasteiger partial charge in [0.05, 0.1) is 17.3 Å². The van der Waals surface area contributed by atoms with E-state index in [1.807, 2.05) is 12.1 Å². The first-order chi connectivity index (χ1) is 14.8. The summed E-state index contributed by atoms with van der Waals surface area (Å²) in [7, 11) is 1.63. The fourth-order valence-electron chi connectivity index (χ4n) is 3.48. The highest BCUT2D eigenvalue weighted by Gasteiger charge is 2.25. The standard InChI is InChI=1S/C24H30ClN5O/c1-24(2,3)17-8-10-18(11-9-17)29-22(26-4)19-12-14-30(15-21(19)28-16-31-5)23-20(25)7-6-13-27-23/h6-11,13,29H,4,12,14-16H2,1-3,5H3/b22-19+,28-21-. The van der Waals surface area contributed by atoms with Crippen LogP contribution >= 0.6 is 11.6 Å². The Morgan fingerprint density at radius 1 is 1.26 bits per heavy atom. The molecule has 2 aromatic rings. The number of piperidine rings is 1. The molecule has 7 heteroatoms. The number of hydrogen-bond donors (Lipinski definition) is 1. The predicted molar refractivity (Wildman–Crippen MR) is 131 cm³/mol. The summed E-state index contributed by atoms with van der Waals surface area (Å²) in [5.74, 6) is 1.47. The van der Waals surface area contributed by atoms with Crippen molar-refractivity contribution in [2.45, 2.75) is 32.6 Å². The van der Waals surface area contributed by atoms with E-state index >= 15 is 0 Å². The van der Waals surface area contributed by atoms with E-state index in [2.05, 4.69) is 76.9 Å². The lowest BCUT2D eigenvalue weighted by molar-refractivity contribution is 0.209. The molecular formula is C24H30ClN5O. The van der Waals surface area contributed by atoms with Crippen LogP contribution in [0.3, 0.4) is 0 Å². The summed E-state index contributed by atoms with van der Waals surface area (Å²) in [6, 6.07) is 12.1. The molecule has 0 saturated carbocycles. The fourth-order valence-corrected chi connectivity index (χ4v) is 3.72. The molecule has 2 heterocycles. The number of aromatic nitrogens is 1. The molecule has 0 aliphatic carbocycles. The smallest absolute Gasteiger partial charge is 0.147 e. The van der Waals surface area contributed by atoms with Crippen LogP contribution in [-0.4, -0.2) is 44.3 Å². The number of aliphatic imine (C=N–C) groups is 2. The Balaban J connectivity index is 1.88. The van der Waals surface area contributed by atoms with Crippen LogP contribution in [0.15, 0.2) is 64.0 Å². The molecule has 0 spiro atoms. The van der Waals surface area contributed by atoms with E-state index in [9.17, 15) is 0 Å². The second-order valence-corrected chi connectivity index (χ2v) is 8.85. The minimum Gasteiger partial charge on any atom is -0.363 e. The lowest BCUT2D eigenvalue weighted by Crippen LogP contribution is -2.39. The lowest BCUT2D eigenvalue weighted by atomic mass is 9.87. The third-order valence-corrected chi connectivity index (χ3v) is 5.50. The van der Waals surface area contributed by atoms with Crippen molar-refractivity contribution < 1.29 is 4.74 Å². The van der Waals surface area contributed by atoms with Crippen LogP contribution in [0.2, 0.25) is 5.02 Å². The minimum absolute atomic E-state index is 0.107. The number of methoxy groups -OCH3 is 1. The first kappa shape index (κ1) is 23.0. The Morgan fingerprint density at radius 2 is 2.00 bits per heavy atom. The van der Waals surface area contributed by atoms with Gasteiger partial charge in [0.1, 0.15) is 18.4 Å². The first-order valence-corrected chi connectivity index (χ1v) is 10.7. The molecule has 3 rings (SSSR count). The zero-order chi connectivity index (χ0) is 22.4. The minimum atomic E-state index is 0.107. The van der Waals surface area contributed by atoms with Crippen LogP contribution in [0.1, 0.15) is 32.8 Å². The quantitative estimate of drug-likeness (QED) is 0.619. The second-order valence-electron chi connectivity index (χ2n) is 8.44. The molecule has 1 fully saturated rings. The summed E-state index contributed by atoms with van der Waals surface area (Å²) >= 11 is 6.37. The number of nitrogens with zero attached hydrogens (tertiary/aromatic N) is 4. The number of nitrogens with one attached hydrogen (secondary N) is 1. The molecule has 0 bridgehead atoms. The number of pyridine rings is 1. The molecule has 1 aliphatic heterocycles. The second kappa shape index (κ2) is 10.1. The summed E-state index contributed by atoms with van der Waals surface area (Å²) < 4.78 is 5.20. The lowest BCUT2D eigenvalue weighted by Gasteiger charge is -2.32. The predicted octanol–water partition coefficient (Wildman–Crippen LogP) is 5.31. The maximum Gasteiger partial charge on any atom is 0.147 e. The normalized spacial score (nSPS) is 17.6. The molecule has 0 atom stereocenters. The molecule has 1 N–H and O–H groups in total. The third-order valence-electron chi connectivity index (χ3n) is 5.20. The zero-order valence-corrected chi connectivity index (χ0v) is 19.4. The molecule has 0 amide bonds. The SMILES string of the molecule is C=N/C(Nc1ccc(C(C)(C)C)cc1)=C1/CCN(c2ncccc2Cl)C/C1=N/COC. The summed E-state index contributed by atoms with van der Waals surface area (Å²) in [4.78, 5) is 15.5. The van der Waals surface area contributed by atoms with E-state index < -0.39 is 0 Å². The van der Waals surface area contributed by atoms with Gasteiger partial charge in [0.25, 0.3) is 0 Å². The highest BCUT2D eigenvalue weighted by atomic mass is 35.5. The third kappa shape index (κ3) is 5.71. The average molecular weight is 440 g/mol. The molecule has 1 aromatic heterocycles. The van der Waals surface area contributed by atoms with Gasteiger partial charge in [-0.3, -0.25) is 4.99 Å². The van der Waals surface area contributed by atoms with E-state index in [4.69, 9.17) is 16.3 Å². The monoisotopic (exact) mass is 439 g/mol. The van der Waals surface area contributed by atoms with Crippen molar-refractivity contribution >= 4 is 35.5 Å². The van der Waals surface area contributed by atoms with Crippen LogP contribution in [-0.2, 0) is 10.2 Å². The van der Waals surface area contributed by atoms with Gasteiger partial charge in [-0.05, 0) is 48.4 Å². The number of halogens is 1. The first-order valence-electron chi connectivity index (χ1n) is 10.3. The topological polar surface area (TPSA) is 62.1 Å². The number of rotatable bonds is 6. The van der Waals surface area contributed by atoms with Crippen molar-refractivity contribution in [2.75, 3.05) is 37.1 Å². The highest BCUT2D eigenvalue weighted by molar-refractivity contribution is 6.33. The highest BCUT2D eigenvalue weighted by Crippen LogP contribution is 2.29. The fraction of sp³-hybridized carbons (Fsp3) is 0.375. The van der Waals surface area contributed by atoms with Gasteiger partial charge in [0, 0.05) is 31.1 Å². The molecule has 164 valence electrons. The Bertz CT molecular complexity index is 976. The molecule has 0 unspecified atom stereocenters. The number of anilines is 2. The van der Waals surface area contributed by atoms with Gasteiger partial charge in [-0.25, -0.2) is 9.98 Å². The van der Waals surface area contributed by atoms with Crippen molar-refractivity contribution in [3.8, 4) is 0 Å². The van der Waals surface area contributed by atoms with Crippen LogP contribution in [0.5, 0.6) is 0 Å². The van der Waals surface area contributed by atoms with Crippen molar-refractivity contribution in [2.24, 2.45) is 9.98 Å². The zero-order valence-electron chi connectivity index (χ0n) is 18.7. The molecule has 0 radical (unpaired) electrons. The van der Waals surface area contributed by atoms with E-state index in [0.717, 1.165) is 35.8 Å². The summed E-state index contributed by atoms with van der Waals surface area (Å²) in [5, 5.41) is 4.04. The van der Waals surface area contributed by atoms with E-state index in [1.54, 1.807) is 13.3 Å². The van der Waals surface area contributed by atoms with Crippen molar-refractivity contribution in [3.05, 3.63) is 64.6 Å². The van der Waals surface area contributed by atoms with E-state index in [1.165, 1.54) is 5.56 Å². The van der Waals surface area contributed by atoms with Gasteiger partial charge in [-0.15, -0.1) is 0 Å². The summed E-state index contributed by atoms with van der Waals surface area (Å²) in [6.45, 7) is 12.0. The van der Waals surface area contributed by atoms with E-state index in [-0.39, 0.29) is 12.1 Å². The van der Waals surface area contributed by atoms with Gasteiger partial charge in [0.2, 0.25) is 0 Å². The van der Waals surface area contributed by atoms with Crippen LogP contribution in [0, 0.1) is 0 Å².